The van der Waals surface area contributed by atoms with E-state index in [0.29, 0.717) is 6.54 Å². The van der Waals surface area contributed by atoms with Crippen LogP contribution in [-0.2, 0) is 9.53 Å². The van der Waals surface area contributed by atoms with Crippen LogP contribution < -0.4 is 10.6 Å². The van der Waals surface area contributed by atoms with Gasteiger partial charge in [0.25, 0.3) is 0 Å². The summed E-state index contributed by atoms with van der Waals surface area (Å²) in [4.78, 5) is 14.1. The number of morpholine rings is 1. The van der Waals surface area contributed by atoms with Crippen molar-refractivity contribution in [2.45, 2.75) is 32.4 Å². The third-order valence-electron chi connectivity index (χ3n) is 3.79. The van der Waals surface area contributed by atoms with E-state index in [0.717, 1.165) is 19.7 Å². The molecule has 0 unspecified atom stereocenters. The Bertz CT molecular complexity index is 367. The minimum absolute atomic E-state index is 0.0618. The van der Waals surface area contributed by atoms with Crippen molar-refractivity contribution in [3.05, 3.63) is 0 Å². The Morgan fingerprint density at radius 2 is 2.30 bits per heavy atom. The SMILES string of the molecule is CC(C)[C@](C)(C#N)NC(=O)CNC[C@H]1CN(C)CCO1. The van der Waals surface area contributed by atoms with Gasteiger partial charge in [-0.05, 0) is 19.9 Å². The van der Waals surface area contributed by atoms with E-state index in [4.69, 9.17) is 10.00 Å². The molecule has 6 nitrogen and oxygen atoms in total. The Balaban J connectivity index is 2.28. The average molecular weight is 282 g/mol. The third-order valence-corrected chi connectivity index (χ3v) is 3.79. The highest BCUT2D eigenvalue weighted by molar-refractivity contribution is 5.79. The lowest BCUT2D eigenvalue weighted by molar-refractivity contribution is -0.122. The van der Waals surface area contributed by atoms with E-state index in [1.54, 1.807) is 6.92 Å². The predicted octanol–water partition coefficient (Wildman–Crippen LogP) is -0.0389. The minimum Gasteiger partial charge on any atom is -0.374 e. The summed E-state index contributed by atoms with van der Waals surface area (Å²) in [5.41, 5.74) is -0.819. The second-order valence-electron chi connectivity index (χ2n) is 5.90. The van der Waals surface area contributed by atoms with E-state index in [-0.39, 0.29) is 24.5 Å². The molecular formula is C14H26N4O2. The van der Waals surface area contributed by atoms with Crippen molar-refractivity contribution < 1.29 is 9.53 Å². The van der Waals surface area contributed by atoms with Gasteiger partial charge in [0.2, 0.25) is 5.91 Å². The number of nitrogens with zero attached hydrogens (tertiary/aromatic N) is 2. The number of hydrogen-bond acceptors (Lipinski definition) is 5. The van der Waals surface area contributed by atoms with E-state index >= 15 is 0 Å². The van der Waals surface area contributed by atoms with Crippen molar-refractivity contribution in [3.8, 4) is 6.07 Å². The Hall–Kier alpha value is -1.16. The van der Waals surface area contributed by atoms with Gasteiger partial charge >= 0.3 is 0 Å². The van der Waals surface area contributed by atoms with Crippen LogP contribution in [-0.4, -0.2) is 62.3 Å². The zero-order valence-corrected chi connectivity index (χ0v) is 12.9. The van der Waals surface area contributed by atoms with Crippen molar-refractivity contribution in [2.75, 3.05) is 39.8 Å². The van der Waals surface area contributed by atoms with Gasteiger partial charge in [0, 0.05) is 19.6 Å². The molecule has 1 heterocycles. The lowest BCUT2D eigenvalue weighted by Gasteiger charge is -2.30. The lowest BCUT2D eigenvalue weighted by atomic mass is 9.90. The first kappa shape index (κ1) is 16.9. The molecule has 2 N–H and O–H groups in total. The standard InChI is InChI=1S/C14H26N4O2/c1-11(2)14(3,10-15)17-13(19)8-16-7-12-9-18(4)5-6-20-12/h11-12,16H,5-9H2,1-4H3,(H,17,19)/t12-,14-/m0/s1. The number of carbonyl (C=O) groups is 1. The highest BCUT2D eigenvalue weighted by Gasteiger charge is 2.29. The molecule has 1 aliphatic heterocycles. The number of ether oxygens (including phenoxy) is 1. The number of nitrogens with one attached hydrogen (secondary N) is 2. The Labute approximate surface area is 121 Å². The molecule has 1 aliphatic rings. The molecule has 114 valence electrons. The van der Waals surface area contributed by atoms with E-state index in [2.05, 4.69) is 28.7 Å². The summed E-state index contributed by atoms with van der Waals surface area (Å²) in [6.45, 7) is 8.98. The van der Waals surface area contributed by atoms with Gasteiger partial charge in [0.15, 0.2) is 0 Å². The van der Waals surface area contributed by atoms with Crippen LogP contribution in [0.15, 0.2) is 0 Å². The summed E-state index contributed by atoms with van der Waals surface area (Å²) >= 11 is 0. The molecule has 0 aromatic carbocycles. The van der Waals surface area contributed by atoms with Crippen LogP contribution in [0.5, 0.6) is 0 Å². The molecule has 0 aromatic rings. The summed E-state index contributed by atoms with van der Waals surface area (Å²) in [6.07, 6.45) is 0.119. The van der Waals surface area contributed by atoms with Crippen LogP contribution in [0.1, 0.15) is 20.8 Å². The van der Waals surface area contributed by atoms with Crippen molar-refractivity contribution >= 4 is 5.91 Å². The second-order valence-corrected chi connectivity index (χ2v) is 5.90. The van der Waals surface area contributed by atoms with Gasteiger partial charge in [-0.15, -0.1) is 0 Å². The Morgan fingerprint density at radius 1 is 1.60 bits per heavy atom. The van der Waals surface area contributed by atoms with Crippen LogP contribution in [0.4, 0.5) is 0 Å². The number of amides is 1. The molecule has 0 bridgehead atoms. The first-order valence-electron chi connectivity index (χ1n) is 7.10. The zero-order valence-electron chi connectivity index (χ0n) is 12.9. The summed E-state index contributed by atoms with van der Waals surface area (Å²) in [6, 6.07) is 2.16. The van der Waals surface area contributed by atoms with Gasteiger partial charge < -0.3 is 20.3 Å². The zero-order chi connectivity index (χ0) is 15.2. The third kappa shape index (κ3) is 5.08. The van der Waals surface area contributed by atoms with Crippen molar-refractivity contribution in [3.63, 3.8) is 0 Å². The fourth-order valence-corrected chi connectivity index (χ4v) is 1.97. The number of likely N-dealkylation sites (N-methyl/N-ethyl adjacent to an activating group) is 1. The Morgan fingerprint density at radius 3 is 2.85 bits per heavy atom. The quantitative estimate of drug-likeness (QED) is 0.715. The maximum atomic E-state index is 11.9. The van der Waals surface area contributed by atoms with Gasteiger partial charge in [-0.1, -0.05) is 13.8 Å². The van der Waals surface area contributed by atoms with Gasteiger partial charge in [0.05, 0.1) is 25.3 Å². The highest BCUT2D eigenvalue weighted by Crippen LogP contribution is 2.14. The second kappa shape index (κ2) is 7.58. The summed E-state index contributed by atoms with van der Waals surface area (Å²) in [5.74, 6) is -0.0984. The van der Waals surface area contributed by atoms with Crippen LogP contribution in [0.25, 0.3) is 0 Å². The first-order valence-corrected chi connectivity index (χ1v) is 7.10. The van der Waals surface area contributed by atoms with Crippen LogP contribution in [0.3, 0.4) is 0 Å². The molecule has 20 heavy (non-hydrogen) atoms. The molecule has 1 saturated heterocycles. The number of nitriles is 1. The molecule has 6 heteroatoms. The summed E-state index contributed by atoms with van der Waals surface area (Å²) < 4.78 is 5.60. The largest absolute Gasteiger partial charge is 0.374 e. The van der Waals surface area contributed by atoms with Crippen molar-refractivity contribution in [1.82, 2.24) is 15.5 Å². The summed E-state index contributed by atoms with van der Waals surface area (Å²) in [5, 5.41) is 15.0. The number of hydrogen-bond donors (Lipinski definition) is 2. The molecule has 0 radical (unpaired) electrons. The maximum Gasteiger partial charge on any atom is 0.235 e. The number of rotatable bonds is 6. The fourth-order valence-electron chi connectivity index (χ4n) is 1.97. The van der Waals surface area contributed by atoms with Crippen LogP contribution in [0, 0.1) is 17.2 Å². The van der Waals surface area contributed by atoms with E-state index in [1.807, 2.05) is 13.8 Å². The number of carbonyl (C=O) groups excluding carboxylic acids is 1. The van der Waals surface area contributed by atoms with Crippen molar-refractivity contribution in [2.24, 2.45) is 5.92 Å². The normalized spacial score (nSPS) is 23.1. The van der Waals surface area contributed by atoms with Crippen LogP contribution >= 0.6 is 0 Å². The predicted molar refractivity (Wildman–Crippen MR) is 77.1 cm³/mol. The maximum absolute atomic E-state index is 11.9. The van der Waals surface area contributed by atoms with E-state index < -0.39 is 5.54 Å². The minimum atomic E-state index is -0.819. The molecule has 0 aromatic heterocycles. The molecular weight excluding hydrogens is 256 g/mol. The fraction of sp³-hybridized carbons (Fsp3) is 0.857. The highest BCUT2D eigenvalue weighted by atomic mass is 16.5. The molecule has 2 atom stereocenters. The molecule has 0 spiro atoms. The molecule has 1 rings (SSSR count). The average Bonchev–Trinajstić information content (AvgIpc) is 2.38. The molecule has 1 fully saturated rings. The van der Waals surface area contributed by atoms with Crippen LogP contribution in [0.2, 0.25) is 0 Å². The van der Waals surface area contributed by atoms with E-state index in [9.17, 15) is 4.79 Å². The summed E-state index contributed by atoms with van der Waals surface area (Å²) in [7, 11) is 2.06. The molecule has 1 amide bonds. The van der Waals surface area contributed by atoms with Gasteiger partial charge in [-0.2, -0.15) is 5.26 Å². The molecule has 0 aliphatic carbocycles. The molecule has 0 saturated carbocycles. The van der Waals surface area contributed by atoms with E-state index in [1.165, 1.54) is 0 Å². The Kier molecular flexibility index (Phi) is 6.40. The van der Waals surface area contributed by atoms with Crippen molar-refractivity contribution in [1.29, 1.82) is 5.26 Å². The monoisotopic (exact) mass is 282 g/mol. The smallest absolute Gasteiger partial charge is 0.235 e. The first-order chi connectivity index (χ1) is 9.37. The van der Waals surface area contributed by atoms with Gasteiger partial charge in [-0.25, -0.2) is 0 Å². The topological polar surface area (TPSA) is 77.4 Å². The van der Waals surface area contributed by atoms with Gasteiger partial charge in [-0.3, -0.25) is 4.79 Å². The van der Waals surface area contributed by atoms with Gasteiger partial charge in [0.1, 0.15) is 5.54 Å². The lowest BCUT2D eigenvalue weighted by Crippen LogP contribution is -2.52.